The van der Waals surface area contributed by atoms with Crippen molar-refractivity contribution in [2.24, 2.45) is 11.8 Å². The molecule has 4 rings (SSSR count). The number of rotatable bonds is 8. The highest BCUT2D eigenvalue weighted by Gasteiger charge is 2.41. The minimum absolute atomic E-state index is 0.129. The van der Waals surface area contributed by atoms with Gasteiger partial charge in [-0.15, -0.1) is 0 Å². The van der Waals surface area contributed by atoms with Crippen LogP contribution in [-0.4, -0.2) is 46.3 Å². The van der Waals surface area contributed by atoms with Crippen LogP contribution >= 0.6 is 11.6 Å². The molecule has 0 unspecified atom stereocenters. The fourth-order valence-corrected chi connectivity index (χ4v) is 5.56. The van der Waals surface area contributed by atoms with E-state index >= 15 is 0 Å². The number of hydrogen-bond donors (Lipinski definition) is 2. The number of nitrogens with zero attached hydrogens (tertiary/aromatic N) is 3. The van der Waals surface area contributed by atoms with Gasteiger partial charge >= 0.3 is 0 Å². The van der Waals surface area contributed by atoms with Gasteiger partial charge in [0.15, 0.2) is 5.69 Å². The zero-order valence-corrected chi connectivity index (χ0v) is 22.0. The number of anilines is 1. The van der Waals surface area contributed by atoms with E-state index in [1.165, 1.54) is 26.1 Å². The lowest BCUT2D eigenvalue weighted by Crippen LogP contribution is -2.42. The van der Waals surface area contributed by atoms with Crippen LogP contribution in [0.4, 0.5) is 14.6 Å². The van der Waals surface area contributed by atoms with Crippen LogP contribution in [0.25, 0.3) is 11.3 Å². The molecule has 1 amide bonds. The molecule has 7 nitrogen and oxygen atoms in total. The molecule has 2 aromatic rings. The minimum atomic E-state index is -2.78. The molecular weight excluding hydrogens is 488 g/mol. The summed E-state index contributed by atoms with van der Waals surface area (Å²) in [6.45, 7) is 5.25. The summed E-state index contributed by atoms with van der Waals surface area (Å²) in [6, 6.07) is 0.620. The van der Waals surface area contributed by atoms with E-state index in [-0.39, 0.29) is 23.0 Å². The lowest BCUT2D eigenvalue weighted by Gasteiger charge is -2.32. The Bertz CT molecular complexity index is 1070. The summed E-state index contributed by atoms with van der Waals surface area (Å²) < 4.78 is 35.9. The van der Waals surface area contributed by atoms with Crippen molar-refractivity contribution in [3.05, 3.63) is 23.0 Å². The quantitative estimate of drug-likeness (QED) is 0.432. The second-order valence-corrected chi connectivity index (χ2v) is 10.5. The van der Waals surface area contributed by atoms with Gasteiger partial charge in [-0.25, -0.2) is 13.8 Å². The average molecular weight is 524 g/mol. The molecule has 1 atom stereocenters. The summed E-state index contributed by atoms with van der Waals surface area (Å²) in [7, 11) is 1.50. The first kappa shape index (κ1) is 26.6. The monoisotopic (exact) mass is 523 g/mol. The zero-order chi connectivity index (χ0) is 25.9. The first-order valence-corrected chi connectivity index (χ1v) is 13.3. The number of aromatic nitrogens is 3. The number of alkyl halides is 2. The number of carbonyl (C=O) groups excluding carboxylic acids is 1. The van der Waals surface area contributed by atoms with Gasteiger partial charge in [-0.3, -0.25) is 9.48 Å². The largest absolute Gasteiger partial charge is 0.496 e. The maximum Gasteiger partial charge on any atom is 0.273 e. The highest BCUT2D eigenvalue weighted by Crippen LogP contribution is 2.39. The van der Waals surface area contributed by atoms with Gasteiger partial charge in [-0.2, -0.15) is 5.10 Å². The molecule has 2 fully saturated rings. The zero-order valence-electron chi connectivity index (χ0n) is 21.2. The molecule has 2 saturated carbocycles. The van der Waals surface area contributed by atoms with Crippen LogP contribution in [0, 0.1) is 11.8 Å². The van der Waals surface area contributed by atoms with Crippen molar-refractivity contribution in [1.29, 1.82) is 0 Å². The number of halogens is 3. The molecule has 198 valence electrons. The van der Waals surface area contributed by atoms with Gasteiger partial charge in [0.2, 0.25) is 0 Å². The van der Waals surface area contributed by atoms with E-state index in [1.54, 1.807) is 10.7 Å². The normalized spacial score (nSPS) is 23.8. The molecular formula is C26H36ClF2N5O2. The molecule has 2 N–H and O–H groups in total. The molecule has 0 aliphatic heterocycles. The van der Waals surface area contributed by atoms with Crippen molar-refractivity contribution in [3.63, 3.8) is 0 Å². The maximum atomic E-state index is 14.3. The van der Waals surface area contributed by atoms with Gasteiger partial charge in [0.05, 0.1) is 29.4 Å². The van der Waals surface area contributed by atoms with Crippen molar-refractivity contribution in [2.75, 3.05) is 19.0 Å². The topological polar surface area (TPSA) is 81.1 Å². The highest BCUT2D eigenvalue weighted by molar-refractivity contribution is 6.36. The number of carbonyl (C=O) groups is 1. The number of pyridine rings is 1. The Labute approximate surface area is 216 Å². The van der Waals surface area contributed by atoms with E-state index in [2.05, 4.69) is 27.6 Å². The van der Waals surface area contributed by atoms with Crippen LogP contribution < -0.4 is 15.4 Å². The van der Waals surface area contributed by atoms with Gasteiger partial charge < -0.3 is 15.4 Å². The van der Waals surface area contributed by atoms with E-state index in [9.17, 15) is 13.6 Å². The Morgan fingerprint density at radius 3 is 2.67 bits per heavy atom. The Kier molecular flexibility index (Phi) is 8.37. The van der Waals surface area contributed by atoms with E-state index in [0.717, 1.165) is 25.2 Å². The molecule has 10 heteroatoms. The molecule has 2 aromatic heterocycles. The smallest absolute Gasteiger partial charge is 0.273 e. The predicted octanol–water partition coefficient (Wildman–Crippen LogP) is 6.17. The Balaban J connectivity index is 1.54. The fraction of sp³-hybridized carbons (Fsp3) is 0.654. The molecule has 2 aliphatic rings. The van der Waals surface area contributed by atoms with Crippen LogP contribution in [0.1, 0.15) is 75.7 Å². The summed E-state index contributed by atoms with van der Waals surface area (Å²) in [5.41, 5.74) is 1.21. The maximum absolute atomic E-state index is 14.3. The second-order valence-electron chi connectivity index (χ2n) is 10.1. The number of nitrogens with one attached hydrogen (secondary N) is 2. The third kappa shape index (κ3) is 5.76. The van der Waals surface area contributed by atoms with Crippen LogP contribution in [0.15, 0.2) is 12.3 Å². The predicted molar refractivity (Wildman–Crippen MR) is 137 cm³/mol. The van der Waals surface area contributed by atoms with Gasteiger partial charge in [0.25, 0.3) is 11.8 Å². The minimum Gasteiger partial charge on any atom is -0.496 e. The Morgan fingerprint density at radius 2 is 2.00 bits per heavy atom. The second kappa shape index (κ2) is 11.3. The third-order valence-electron chi connectivity index (χ3n) is 7.52. The summed E-state index contributed by atoms with van der Waals surface area (Å²) in [5.74, 6) is -1.16. The summed E-state index contributed by atoms with van der Waals surface area (Å²) >= 11 is 6.70. The lowest BCUT2D eigenvalue weighted by molar-refractivity contribution is -0.0449. The number of ether oxygens (including phenoxy) is 1. The molecule has 0 radical (unpaired) electrons. The van der Waals surface area contributed by atoms with Crippen LogP contribution in [0.5, 0.6) is 5.75 Å². The number of amides is 1. The van der Waals surface area contributed by atoms with Gasteiger partial charge in [-0.1, -0.05) is 37.8 Å². The summed E-state index contributed by atoms with van der Waals surface area (Å²) in [6.07, 6.45) is 7.65. The summed E-state index contributed by atoms with van der Waals surface area (Å²) in [4.78, 5) is 17.3. The molecule has 2 aliphatic carbocycles. The van der Waals surface area contributed by atoms with E-state index < -0.39 is 12.0 Å². The van der Waals surface area contributed by atoms with Crippen LogP contribution in [-0.2, 0) is 6.54 Å². The van der Waals surface area contributed by atoms with Gasteiger partial charge in [0, 0.05) is 31.8 Å². The third-order valence-corrected chi connectivity index (χ3v) is 7.88. The average Bonchev–Trinajstić information content (AvgIpc) is 3.20. The molecule has 0 saturated heterocycles. The van der Waals surface area contributed by atoms with E-state index in [4.69, 9.17) is 16.3 Å². The molecule has 0 bridgehead atoms. The van der Waals surface area contributed by atoms with Crippen molar-refractivity contribution in [2.45, 2.75) is 83.7 Å². The Hall–Kier alpha value is -2.42. The van der Waals surface area contributed by atoms with Gasteiger partial charge in [0.1, 0.15) is 11.6 Å². The van der Waals surface area contributed by atoms with Crippen molar-refractivity contribution >= 4 is 23.3 Å². The standard InChI is InChI=1S/C26H36ClF2N5O2/c1-4-34-24(22(27)23(33-34)25(35)31-14-17-10-8-16(2)9-11-17)18-15-30-21(13-19(18)36-3)32-20-7-5-6-12-26(20,28)29/h13,15-17,20H,4-12,14H2,1-3H3,(H,30,32)(H,31,35)/t16?,17?,20-/m0/s1. The summed E-state index contributed by atoms with van der Waals surface area (Å²) in [5, 5.41) is 10.6. The molecule has 36 heavy (non-hydrogen) atoms. The van der Waals surface area contributed by atoms with E-state index in [0.29, 0.717) is 54.7 Å². The number of aryl methyl sites for hydroxylation is 1. The van der Waals surface area contributed by atoms with Crippen molar-refractivity contribution in [1.82, 2.24) is 20.1 Å². The van der Waals surface area contributed by atoms with Crippen molar-refractivity contribution in [3.8, 4) is 17.0 Å². The fourth-order valence-electron chi connectivity index (χ4n) is 5.24. The number of methoxy groups -OCH3 is 1. The lowest BCUT2D eigenvalue weighted by atomic mass is 9.83. The van der Waals surface area contributed by atoms with Crippen LogP contribution in [0.2, 0.25) is 5.02 Å². The number of hydrogen-bond acceptors (Lipinski definition) is 5. The molecule has 0 aromatic carbocycles. The highest BCUT2D eigenvalue weighted by atomic mass is 35.5. The molecule has 0 spiro atoms. The van der Waals surface area contributed by atoms with Crippen molar-refractivity contribution < 1.29 is 18.3 Å². The molecule has 2 heterocycles. The van der Waals surface area contributed by atoms with E-state index in [1.807, 2.05) is 6.92 Å². The Morgan fingerprint density at radius 1 is 1.25 bits per heavy atom. The van der Waals surface area contributed by atoms with Crippen LogP contribution in [0.3, 0.4) is 0 Å². The first-order chi connectivity index (χ1) is 17.2. The van der Waals surface area contributed by atoms with Gasteiger partial charge in [-0.05, 0) is 44.4 Å². The first-order valence-electron chi connectivity index (χ1n) is 13.0. The SMILES string of the molecule is CCn1nc(C(=O)NCC2CCC(C)CC2)c(Cl)c1-c1cnc(N[C@H]2CCCCC2(F)F)cc1OC.